The van der Waals surface area contributed by atoms with Gasteiger partial charge in [0.2, 0.25) is 0 Å². The Morgan fingerprint density at radius 2 is 2.19 bits per heavy atom. The Hall–Kier alpha value is -0.900. The zero-order valence-corrected chi connectivity index (χ0v) is 19.1. The number of guanidine groups is 1. The lowest BCUT2D eigenvalue weighted by Gasteiger charge is -2.34. The minimum absolute atomic E-state index is 0. The molecule has 150 valence electrons. The number of hydrogen-bond acceptors (Lipinski definition) is 4. The predicted molar refractivity (Wildman–Crippen MR) is 118 cm³/mol. The first-order valence-corrected chi connectivity index (χ1v) is 9.65. The van der Waals surface area contributed by atoms with Crippen LogP contribution in [0.1, 0.15) is 39.4 Å². The van der Waals surface area contributed by atoms with Crippen LogP contribution < -0.4 is 10.6 Å². The summed E-state index contributed by atoms with van der Waals surface area (Å²) in [4.78, 5) is 6.95. The molecule has 1 aromatic rings. The molecule has 1 atom stereocenters. The van der Waals surface area contributed by atoms with Gasteiger partial charge in [0.05, 0.1) is 0 Å². The number of halogens is 1. The SMILES string of the molecule is CCc1nncn1CCNC(=NC)NCC1CCCN(CC(C)C)C1.I. The van der Waals surface area contributed by atoms with Gasteiger partial charge < -0.3 is 20.1 Å². The van der Waals surface area contributed by atoms with Crippen LogP contribution in [0.5, 0.6) is 0 Å². The molecule has 0 bridgehead atoms. The van der Waals surface area contributed by atoms with Crippen molar-refractivity contribution in [2.24, 2.45) is 16.8 Å². The molecule has 2 N–H and O–H groups in total. The zero-order chi connectivity index (χ0) is 18.1. The Kier molecular flexibility index (Phi) is 11.1. The van der Waals surface area contributed by atoms with Gasteiger partial charge in [-0.15, -0.1) is 34.2 Å². The topological polar surface area (TPSA) is 70.4 Å². The first-order chi connectivity index (χ1) is 12.1. The van der Waals surface area contributed by atoms with E-state index in [1.54, 1.807) is 6.33 Å². The fourth-order valence-electron chi connectivity index (χ4n) is 3.50. The predicted octanol–water partition coefficient (Wildman–Crippen LogP) is 1.99. The molecule has 0 saturated carbocycles. The third kappa shape index (κ3) is 7.77. The molecule has 1 aromatic heterocycles. The van der Waals surface area contributed by atoms with E-state index in [0.717, 1.165) is 43.8 Å². The van der Waals surface area contributed by atoms with E-state index >= 15 is 0 Å². The van der Waals surface area contributed by atoms with Crippen molar-refractivity contribution in [3.8, 4) is 0 Å². The van der Waals surface area contributed by atoms with Crippen LogP contribution in [0.3, 0.4) is 0 Å². The van der Waals surface area contributed by atoms with E-state index in [-0.39, 0.29) is 24.0 Å². The first-order valence-electron chi connectivity index (χ1n) is 9.65. The Morgan fingerprint density at radius 3 is 2.88 bits per heavy atom. The Labute approximate surface area is 175 Å². The molecule has 1 unspecified atom stereocenters. The van der Waals surface area contributed by atoms with Crippen LogP contribution in [0.15, 0.2) is 11.3 Å². The van der Waals surface area contributed by atoms with Crippen LogP contribution >= 0.6 is 24.0 Å². The molecule has 0 radical (unpaired) electrons. The van der Waals surface area contributed by atoms with Crippen molar-refractivity contribution in [1.82, 2.24) is 30.3 Å². The number of nitrogens with one attached hydrogen (secondary N) is 2. The average molecular weight is 477 g/mol. The van der Waals surface area contributed by atoms with Crippen molar-refractivity contribution in [3.63, 3.8) is 0 Å². The summed E-state index contributed by atoms with van der Waals surface area (Å²) in [6, 6.07) is 0. The molecule has 0 aliphatic carbocycles. The highest BCUT2D eigenvalue weighted by Gasteiger charge is 2.20. The summed E-state index contributed by atoms with van der Waals surface area (Å²) in [5.41, 5.74) is 0. The lowest BCUT2D eigenvalue weighted by Crippen LogP contribution is -2.45. The Bertz CT molecular complexity index is 529. The monoisotopic (exact) mass is 477 g/mol. The second-order valence-corrected chi connectivity index (χ2v) is 7.34. The van der Waals surface area contributed by atoms with Gasteiger partial charge in [-0.1, -0.05) is 20.8 Å². The molecule has 2 heterocycles. The molecule has 1 aliphatic rings. The normalized spacial score (nSPS) is 18.7. The highest BCUT2D eigenvalue weighted by atomic mass is 127. The average Bonchev–Trinajstić information content (AvgIpc) is 3.05. The fraction of sp³-hybridized carbons (Fsp3) is 0.833. The maximum Gasteiger partial charge on any atom is 0.191 e. The van der Waals surface area contributed by atoms with Gasteiger partial charge in [-0.2, -0.15) is 0 Å². The van der Waals surface area contributed by atoms with Crippen LogP contribution in [0.2, 0.25) is 0 Å². The van der Waals surface area contributed by atoms with E-state index < -0.39 is 0 Å². The number of nitrogens with zero attached hydrogens (tertiary/aromatic N) is 5. The van der Waals surface area contributed by atoms with E-state index in [1.807, 2.05) is 7.05 Å². The summed E-state index contributed by atoms with van der Waals surface area (Å²) in [6.07, 6.45) is 5.31. The molecule has 0 spiro atoms. The molecular weight excluding hydrogens is 441 g/mol. The fourth-order valence-corrected chi connectivity index (χ4v) is 3.50. The number of rotatable bonds is 8. The molecule has 2 rings (SSSR count). The summed E-state index contributed by atoms with van der Waals surface area (Å²) in [6.45, 7) is 13.0. The molecule has 0 aromatic carbocycles. The van der Waals surface area contributed by atoms with Gasteiger partial charge >= 0.3 is 0 Å². The second-order valence-electron chi connectivity index (χ2n) is 7.34. The molecule has 8 heteroatoms. The van der Waals surface area contributed by atoms with Gasteiger partial charge in [0, 0.05) is 46.2 Å². The Balaban J connectivity index is 0.00000338. The molecular formula is C18H36IN7. The third-order valence-corrected chi connectivity index (χ3v) is 4.67. The highest BCUT2D eigenvalue weighted by Crippen LogP contribution is 2.16. The Morgan fingerprint density at radius 1 is 1.38 bits per heavy atom. The van der Waals surface area contributed by atoms with Crippen molar-refractivity contribution < 1.29 is 0 Å². The minimum Gasteiger partial charge on any atom is -0.356 e. The van der Waals surface area contributed by atoms with Crippen molar-refractivity contribution in [1.29, 1.82) is 0 Å². The second kappa shape index (κ2) is 12.5. The molecule has 1 fully saturated rings. The standard InChI is InChI=1S/C18H35N7.HI/c1-5-17-23-22-14-25(17)10-8-20-18(19-4)21-11-16-7-6-9-24(13-16)12-15(2)3;/h14-16H,5-13H2,1-4H3,(H2,19,20,21);1H. The largest absolute Gasteiger partial charge is 0.356 e. The van der Waals surface area contributed by atoms with Crippen LogP contribution in [-0.4, -0.2) is 65.4 Å². The maximum atomic E-state index is 4.34. The molecule has 26 heavy (non-hydrogen) atoms. The van der Waals surface area contributed by atoms with Gasteiger partial charge in [-0.05, 0) is 31.2 Å². The van der Waals surface area contributed by atoms with Crippen molar-refractivity contribution >= 4 is 29.9 Å². The van der Waals surface area contributed by atoms with Crippen LogP contribution in [0.25, 0.3) is 0 Å². The summed E-state index contributed by atoms with van der Waals surface area (Å²) in [5, 5.41) is 15.0. The lowest BCUT2D eigenvalue weighted by molar-refractivity contribution is 0.159. The maximum absolute atomic E-state index is 4.34. The van der Waals surface area contributed by atoms with Crippen LogP contribution in [0.4, 0.5) is 0 Å². The molecule has 1 aliphatic heterocycles. The molecule has 0 amide bonds. The van der Waals surface area contributed by atoms with Crippen molar-refractivity contribution in [3.05, 3.63) is 12.2 Å². The summed E-state index contributed by atoms with van der Waals surface area (Å²) >= 11 is 0. The first kappa shape index (κ1) is 23.1. The van der Waals surface area contributed by atoms with E-state index in [1.165, 1.54) is 32.5 Å². The van der Waals surface area contributed by atoms with Gasteiger partial charge in [0.1, 0.15) is 12.2 Å². The van der Waals surface area contributed by atoms with Crippen molar-refractivity contribution in [2.75, 3.05) is 39.8 Å². The highest BCUT2D eigenvalue weighted by molar-refractivity contribution is 14.0. The van der Waals surface area contributed by atoms with Gasteiger partial charge in [-0.3, -0.25) is 4.99 Å². The van der Waals surface area contributed by atoms with Crippen molar-refractivity contribution in [2.45, 2.75) is 46.6 Å². The lowest BCUT2D eigenvalue weighted by atomic mass is 9.97. The number of hydrogen-bond donors (Lipinski definition) is 2. The number of aliphatic imine (C=N–C) groups is 1. The van der Waals surface area contributed by atoms with Gasteiger partial charge in [0.15, 0.2) is 5.96 Å². The third-order valence-electron chi connectivity index (χ3n) is 4.67. The number of piperidine rings is 1. The number of likely N-dealkylation sites (tertiary alicyclic amines) is 1. The summed E-state index contributed by atoms with van der Waals surface area (Å²) in [7, 11) is 1.83. The number of aromatic nitrogens is 3. The van der Waals surface area contributed by atoms with Crippen LogP contribution in [0, 0.1) is 11.8 Å². The zero-order valence-electron chi connectivity index (χ0n) is 16.7. The summed E-state index contributed by atoms with van der Waals surface area (Å²) in [5.74, 6) is 3.35. The number of aryl methyl sites for hydroxylation is 1. The van der Waals surface area contributed by atoms with E-state index in [9.17, 15) is 0 Å². The van der Waals surface area contributed by atoms with Gasteiger partial charge in [0.25, 0.3) is 0 Å². The van der Waals surface area contributed by atoms with Crippen LogP contribution in [-0.2, 0) is 13.0 Å². The van der Waals surface area contributed by atoms with E-state index in [2.05, 4.69) is 56.1 Å². The van der Waals surface area contributed by atoms with E-state index in [4.69, 9.17) is 0 Å². The molecule has 1 saturated heterocycles. The summed E-state index contributed by atoms with van der Waals surface area (Å²) < 4.78 is 2.09. The van der Waals surface area contributed by atoms with E-state index in [0.29, 0.717) is 5.92 Å². The molecule has 7 nitrogen and oxygen atoms in total. The van der Waals surface area contributed by atoms with Gasteiger partial charge in [-0.25, -0.2) is 0 Å². The quantitative estimate of drug-likeness (QED) is 0.341. The minimum atomic E-state index is 0. The smallest absolute Gasteiger partial charge is 0.191 e.